The highest BCUT2D eigenvalue weighted by molar-refractivity contribution is 5.84. The number of hydrogen-bond acceptors (Lipinski definition) is 3. The lowest BCUT2D eigenvalue weighted by Gasteiger charge is -2.26. The van der Waals surface area contributed by atoms with Gasteiger partial charge in [-0.15, -0.1) is 6.58 Å². The predicted molar refractivity (Wildman–Crippen MR) is 121 cm³/mol. The van der Waals surface area contributed by atoms with Crippen LogP contribution in [0.3, 0.4) is 0 Å². The third kappa shape index (κ3) is 4.91. The number of rotatable bonds is 6. The highest BCUT2D eigenvalue weighted by Gasteiger charge is 2.35. The highest BCUT2D eigenvalue weighted by Crippen LogP contribution is 2.28. The van der Waals surface area contributed by atoms with Gasteiger partial charge in [0.05, 0.1) is 5.92 Å². The molecule has 2 atom stereocenters. The maximum atomic E-state index is 13.9. The van der Waals surface area contributed by atoms with Crippen LogP contribution >= 0.6 is 0 Å². The number of ether oxygens (including phenoxy) is 1. The molecule has 0 N–H and O–H groups in total. The average Bonchev–Trinajstić information content (AvgIpc) is 3.30. The van der Waals surface area contributed by atoms with E-state index >= 15 is 0 Å². The summed E-state index contributed by atoms with van der Waals surface area (Å²) in [7, 11) is 0. The number of halogens is 1. The quantitative estimate of drug-likeness (QED) is 0.649. The van der Waals surface area contributed by atoms with Crippen molar-refractivity contribution in [2.45, 2.75) is 25.4 Å². The van der Waals surface area contributed by atoms with Crippen LogP contribution in [0.25, 0.3) is 11.1 Å². The Bertz CT molecular complexity index is 987. The van der Waals surface area contributed by atoms with Crippen LogP contribution < -0.4 is 0 Å². The second-order valence-electron chi connectivity index (χ2n) is 8.43. The van der Waals surface area contributed by atoms with Crippen LogP contribution in [-0.2, 0) is 20.7 Å². The number of hydrogen-bond donors (Lipinski definition) is 0. The molecule has 2 saturated heterocycles. The van der Waals surface area contributed by atoms with Crippen LogP contribution in [0.5, 0.6) is 0 Å². The van der Waals surface area contributed by atoms with Crippen molar-refractivity contribution in [3.05, 3.63) is 72.6 Å². The van der Waals surface area contributed by atoms with E-state index in [-0.39, 0.29) is 17.6 Å². The monoisotopic (exact) mass is 436 g/mol. The van der Waals surface area contributed by atoms with Crippen LogP contribution in [0.2, 0.25) is 0 Å². The molecule has 2 fully saturated rings. The van der Waals surface area contributed by atoms with Crippen molar-refractivity contribution in [1.29, 1.82) is 0 Å². The predicted octanol–water partition coefficient (Wildman–Crippen LogP) is 3.69. The summed E-state index contributed by atoms with van der Waals surface area (Å²) in [5, 5.41) is 0. The van der Waals surface area contributed by atoms with E-state index in [4.69, 9.17) is 4.74 Å². The molecule has 168 valence electrons. The molecule has 0 saturated carbocycles. The third-order valence-corrected chi connectivity index (χ3v) is 6.23. The van der Waals surface area contributed by atoms with E-state index in [9.17, 15) is 14.0 Å². The van der Waals surface area contributed by atoms with Gasteiger partial charge in [0, 0.05) is 32.8 Å². The third-order valence-electron chi connectivity index (χ3n) is 6.23. The van der Waals surface area contributed by atoms with Crippen molar-refractivity contribution in [3.63, 3.8) is 0 Å². The number of carbonyl (C=O) groups excluding carboxylic acids is 2. The Morgan fingerprint density at radius 1 is 1.19 bits per heavy atom. The molecule has 2 heterocycles. The zero-order valence-electron chi connectivity index (χ0n) is 18.2. The summed E-state index contributed by atoms with van der Waals surface area (Å²) in [6.07, 6.45) is 3.39. The first-order chi connectivity index (χ1) is 15.6. The smallest absolute Gasteiger partial charge is 0.251 e. The minimum atomic E-state index is -0.406. The van der Waals surface area contributed by atoms with Crippen molar-refractivity contribution in [2.75, 3.05) is 32.8 Å². The van der Waals surface area contributed by atoms with Crippen LogP contribution in [0.1, 0.15) is 18.4 Å². The Balaban J connectivity index is 1.62. The Morgan fingerprint density at radius 2 is 2.03 bits per heavy atom. The molecule has 2 aromatic rings. The number of amides is 2. The van der Waals surface area contributed by atoms with Gasteiger partial charge in [0.25, 0.3) is 5.91 Å². The molecule has 2 aromatic carbocycles. The lowest BCUT2D eigenvalue weighted by molar-refractivity contribution is -0.141. The molecule has 0 radical (unpaired) electrons. The number of benzene rings is 2. The Labute approximate surface area is 188 Å². The zero-order valence-corrected chi connectivity index (χ0v) is 18.2. The standard InChI is InChI=1S/C26H29FN2O3/c1-2-12-28-13-14-29(26(31)24-11-6-15-32-24)18-21(25(28)30)16-19-7-3-4-10-23(19)20-8-5-9-22(27)17-20/h2-5,7-10,17,21,24H,1,6,11-16,18H2/t21-,24-/m0/s1. The molecule has 0 aromatic heterocycles. The van der Waals surface area contributed by atoms with E-state index in [1.54, 1.807) is 21.9 Å². The SMILES string of the molecule is C=CCN1CCN(C(=O)[C@@H]2CCCO2)C[C@H](Cc2ccccc2-c2cccc(F)c2)C1=O. The van der Waals surface area contributed by atoms with E-state index < -0.39 is 12.0 Å². The molecule has 0 unspecified atom stereocenters. The van der Waals surface area contributed by atoms with E-state index in [1.807, 2.05) is 30.3 Å². The van der Waals surface area contributed by atoms with Gasteiger partial charge >= 0.3 is 0 Å². The van der Waals surface area contributed by atoms with Crippen LogP contribution in [-0.4, -0.2) is 60.5 Å². The van der Waals surface area contributed by atoms with Crippen LogP contribution in [0, 0.1) is 11.7 Å². The van der Waals surface area contributed by atoms with Gasteiger partial charge in [-0.25, -0.2) is 4.39 Å². The molecule has 0 aliphatic carbocycles. The topological polar surface area (TPSA) is 49.9 Å². The first-order valence-corrected chi connectivity index (χ1v) is 11.2. The summed E-state index contributed by atoms with van der Waals surface area (Å²) < 4.78 is 19.5. The largest absolute Gasteiger partial charge is 0.368 e. The molecule has 6 heteroatoms. The van der Waals surface area contributed by atoms with Gasteiger partial charge in [0.1, 0.15) is 11.9 Å². The summed E-state index contributed by atoms with van der Waals surface area (Å²) >= 11 is 0. The fourth-order valence-corrected chi connectivity index (χ4v) is 4.61. The fourth-order valence-electron chi connectivity index (χ4n) is 4.61. The molecule has 2 amide bonds. The maximum absolute atomic E-state index is 13.9. The molecule has 32 heavy (non-hydrogen) atoms. The van der Waals surface area contributed by atoms with Crippen molar-refractivity contribution >= 4 is 11.8 Å². The molecular formula is C26H29FN2O3. The fraction of sp³-hybridized carbons (Fsp3) is 0.385. The summed E-state index contributed by atoms with van der Waals surface area (Å²) in [5.74, 6) is -0.702. The van der Waals surface area contributed by atoms with Crippen molar-refractivity contribution in [3.8, 4) is 11.1 Å². The Morgan fingerprint density at radius 3 is 2.78 bits per heavy atom. The lowest BCUT2D eigenvalue weighted by atomic mass is 9.91. The van der Waals surface area contributed by atoms with Gasteiger partial charge in [0.15, 0.2) is 0 Å². The number of nitrogens with zero attached hydrogens (tertiary/aromatic N) is 2. The van der Waals surface area contributed by atoms with Crippen molar-refractivity contribution in [1.82, 2.24) is 9.80 Å². The minimum Gasteiger partial charge on any atom is -0.368 e. The average molecular weight is 437 g/mol. The molecule has 2 aliphatic rings. The molecular weight excluding hydrogens is 407 g/mol. The molecule has 5 nitrogen and oxygen atoms in total. The second-order valence-corrected chi connectivity index (χ2v) is 8.43. The number of carbonyl (C=O) groups is 2. The van der Waals surface area contributed by atoms with Crippen LogP contribution in [0.15, 0.2) is 61.2 Å². The summed E-state index contributed by atoms with van der Waals surface area (Å²) in [5.41, 5.74) is 2.63. The summed E-state index contributed by atoms with van der Waals surface area (Å²) in [4.78, 5) is 30.0. The summed E-state index contributed by atoms with van der Waals surface area (Å²) in [6, 6.07) is 14.2. The maximum Gasteiger partial charge on any atom is 0.251 e. The van der Waals surface area contributed by atoms with Gasteiger partial charge in [-0.05, 0) is 48.1 Å². The van der Waals surface area contributed by atoms with E-state index in [2.05, 4.69) is 6.58 Å². The second kappa shape index (κ2) is 10.1. The van der Waals surface area contributed by atoms with Gasteiger partial charge < -0.3 is 14.5 Å². The van der Waals surface area contributed by atoms with E-state index in [1.165, 1.54) is 12.1 Å². The lowest BCUT2D eigenvalue weighted by Crippen LogP contribution is -2.42. The summed E-state index contributed by atoms with van der Waals surface area (Å²) in [6.45, 7) is 6.15. The van der Waals surface area contributed by atoms with Crippen molar-refractivity contribution in [2.24, 2.45) is 5.92 Å². The first kappa shape index (κ1) is 22.2. The Hall–Kier alpha value is -2.99. The Kier molecular flexibility index (Phi) is 7.00. The molecule has 0 spiro atoms. The zero-order chi connectivity index (χ0) is 22.5. The van der Waals surface area contributed by atoms with Gasteiger partial charge in [-0.3, -0.25) is 9.59 Å². The highest BCUT2D eigenvalue weighted by atomic mass is 19.1. The molecule has 0 bridgehead atoms. The van der Waals surface area contributed by atoms with Crippen molar-refractivity contribution < 1.29 is 18.7 Å². The van der Waals surface area contributed by atoms with E-state index in [0.717, 1.165) is 29.5 Å². The minimum absolute atomic E-state index is 0.0154. The van der Waals surface area contributed by atoms with Gasteiger partial charge in [-0.2, -0.15) is 0 Å². The molecule has 4 rings (SSSR count). The van der Waals surface area contributed by atoms with E-state index in [0.29, 0.717) is 39.2 Å². The first-order valence-electron chi connectivity index (χ1n) is 11.2. The normalized spacial score (nSPS) is 21.5. The van der Waals surface area contributed by atoms with Gasteiger partial charge in [-0.1, -0.05) is 42.5 Å². The van der Waals surface area contributed by atoms with Gasteiger partial charge in [0.2, 0.25) is 5.91 Å². The molecule has 2 aliphatic heterocycles. The van der Waals surface area contributed by atoms with Crippen LogP contribution in [0.4, 0.5) is 4.39 Å².